The summed E-state index contributed by atoms with van der Waals surface area (Å²) >= 11 is 0. The fourth-order valence-electron chi connectivity index (χ4n) is 3.84. The average molecular weight is 249 g/mol. The van der Waals surface area contributed by atoms with E-state index in [1.807, 2.05) is 0 Å². The molecule has 0 N–H and O–H groups in total. The second-order valence-electron chi connectivity index (χ2n) is 6.15. The molecule has 1 heteroatoms. The second-order valence-corrected chi connectivity index (χ2v) is 6.15. The SMILES string of the molecule is CC1=CC=C2c3c(c4cc(C)ccc4n3C)CC2C1. The van der Waals surface area contributed by atoms with Crippen LogP contribution >= 0.6 is 0 Å². The number of nitrogens with zero attached hydrogens (tertiary/aromatic N) is 1. The maximum atomic E-state index is 2.39. The van der Waals surface area contributed by atoms with Crippen LogP contribution in [0, 0.1) is 12.8 Å². The summed E-state index contributed by atoms with van der Waals surface area (Å²) < 4.78 is 2.39. The standard InChI is InChI=1S/C18H19N/c1-11-4-6-14-13(8-11)10-16-15-9-12(2)5-7-17(15)19(3)18(14)16/h4-7,9,13H,8,10H2,1-3H3. The van der Waals surface area contributed by atoms with Crippen LogP contribution in [0.25, 0.3) is 16.5 Å². The van der Waals surface area contributed by atoms with Gasteiger partial charge in [-0.05, 0) is 55.9 Å². The summed E-state index contributed by atoms with van der Waals surface area (Å²) in [6, 6.07) is 6.84. The number of fused-ring (bicyclic) bond motifs is 5. The van der Waals surface area contributed by atoms with Gasteiger partial charge in [0.05, 0.1) is 0 Å². The van der Waals surface area contributed by atoms with Crippen LogP contribution in [-0.4, -0.2) is 4.57 Å². The molecule has 19 heavy (non-hydrogen) atoms. The van der Waals surface area contributed by atoms with Gasteiger partial charge < -0.3 is 4.57 Å². The third-order valence-corrected chi connectivity index (χ3v) is 4.74. The van der Waals surface area contributed by atoms with Gasteiger partial charge in [0.25, 0.3) is 0 Å². The highest BCUT2D eigenvalue weighted by Gasteiger charge is 2.32. The number of hydrogen-bond acceptors (Lipinski definition) is 0. The molecule has 96 valence electrons. The number of aromatic nitrogens is 1. The van der Waals surface area contributed by atoms with Crippen molar-refractivity contribution in [3.05, 3.63) is 52.7 Å². The average Bonchev–Trinajstić information content (AvgIpc) is 2.86. The van der Waals surface area contributed by atoms with Crippen molar-refractivity contribution in [1.29, 1.82) is 0 Å². The Kier molecular flexibility index (Phi) is 2.12. The molecule has 0 spiro atoms. The third-order valence-electron chi connectivity index (χ3n) is 4.74. The summed E-state index contributed by atoms with van der Waals surface area (Å²) in [6.45, 7) is 4.43. The van der Waals surface area contributed by atoms with Crippen molar-refractivity contribution >= 4 is 16.5 Å². The quantitative estimate of drug-likeness (QED) is 0.652. The summed E-state index contributed by atoms with van der Waals surface area (Å²) in [5, 5.41) is 1.46. The van der Waals surface area contributed by atoms with E-state index >= 15 is 0 Å². The number of allylic oxidation sites excluding steroid dienone is 4. The normalized spacial score (nSPS) is 21.1. The molecule has 0 aliphatic heterocycles. The van der Waals surface area contributed by atoms with Gasteiger partial charge in [-0.3, -0.25) is 0 Å². The van der Waals surface area contributed by atoms with Crippen molar-refractivity contribution in [2.45, 2.75) is 26.7 Å². The first kappa shape index (κ1) is 11.1. The van der Waals surface area contributed by atoms with Crippen molar-refractivity contribution in [3.8, 4) is 0 Å². The fourth-order valence-corrected chi connectivity index (χ4v) is 3.84. The molecule has 0 amide bonds. The van der Waals surface area contributed by atoms with E-state index in [4.69, 9.17) is 0 Å². The lowest BCUT2D eigenvalue weighted by Gasteiger charge is -2.18. The summed E-state index contributed by atoms with van der Waals surface area (Å²) in [7, 11) is 2.21. The van der Waals surface area contributed by atoms with Crippen LogP contribution < -0.4 is 0 Å². The van der Waals surface area contributed by atoms with E-state index in [0.29, 0.717) is 5.92 Å². The van der Waals surface area contributed by atoms with Gasteiger partial charge in [-0.1, -0.05) is 29.4 Å². The van der Waals surface area contributed by atoms with Gasteiger partial charge in [0.2, 0.25) is 0 Å². The van der Waals surface area contributed by atoms with E-state index < -0.39 is 0 Å². The van der Waals surface area contributed by atoms with Gasteiger partial charge in [-0.15, -0.1) is 0 Å². The predicted octanol–water partition coefficient (Wildman–Crippen LogP) is 4.39. The van der Waals surface area contributed by atoms with Gasteiger partial charge in [-0.25, -0.2) is 0 Å². The molecule has 1 nitrogen and oxygen atoms in total. The highest BCUT2D eigenvalue weighted by molar-refractivity contribution is 5.94. The molecule has 0 bridgehead atoms. The van der Waals surface area contributed by atoms with Crippen molar-refractivity contribution in [2.75, 3.05) is 0 Å². The Morgan fingerprint density at radius 2 is 1.95 bits per heavy atom. The molecule has 2 aliphatic carbocycles. The van der Waals surface area contributed by atoms with Crippen LogP contribution in [-0.2, 0) is 13.5 Å². The maximum Gasteiger partial charge on any atom is 0.0485 e. The molecule has 0 fully saturated rings. The highest BCUT2D eigenvalue weighted by Crippen LogP contribution is 2.46. The van der Waals surface area contributed by atoms with Crippen LogP contribution in [0.1, 0.15) is 30.2 Å². The van der Waals surface area contributed by atoms with E-state index in [0.717, 1.165) is 0 Å². The topological polar surface area (TPSA) is 4.93 Å². The van der Waals surface area contributed by atoms with E-state index in [-0.39, 0.29) is 0 Å². The minimum Gasteiger partial charge on any atom is -0.344 e. The van der Waals surface area contributed by atoms with E-state index in [1.54, 1.807) is 11.1 Å². The zero-order chi connectivity index (χ0) is 13.1. The third kappa shape index (κ3) is 1.42. The number of rotatable bonds is 0. The van der Waals surface area contributed by atoms with E-state index in [1.165, 1.54) is 40.6 Å². The molecular formula is C18H19N. The van der Waals surface area contributed by atoms with Crippen molar-refractivity contribution < 1.29 is 0 Å². The Bertz CT molecular complexity index is 756. The Balaban J connectivity index is 2.03. The molecule has 0 saturated heterocycles. The largest absolute Gasteiger partial charge is 0.344 e. The van der Waals surface area contributed by atoms with Crippen LogP contribution in [0.15, 0.2) is 35.9 Å². The van der Waals surface area contributed by atoms with Crippen LogP contribution in [0.5, 0.6) is 0 Å². The monoisotopic (exact) mass is 249 g/mol. The van der Waals surface area contributed by atoms with Gasteiger partial charge in [-0.2, -0.15) is 0 Å². The van der Waals surface area contributed by atoms with Crippen molar-refractivity contribution in [1.82, 2.24) is 4.57 Å². The van der Waals surface area contributed by atoms with Gasteiger partial charge in [0.1, 0.15) is 0 Å². The summed E-state index contributed by atoms with van der Waals surface area (Å²) in [4.78, 5) is 0. The molecule has 2 aliphatic rings. The number of hydrogen-bond donors (Lipinski definition) is 0. The molecular weight excluding hydrogens is 230 g/mol. The Morgan fingerprint density at radius 3 is 2.79 bits per heavy atom. The van der Waals surface area contributed by atoms with Crippen LogP contribution in [0.4, 0.5) is 0 Å². The fraction of sp³-hybridized carbons (Fsp3) is 0.333. The first-order valence-corrected chi connectivity index (χ1v) is 7.11. The minimum atomic E-state index is 0.714. The van der Waals surface area contributed by atoms with Crippen molar-refractivity contribution in [3.63, 3.8) is 0 Å². The summed E-state index contributed by atoms with van der Waals surface area (Å²) in [5.41, 5.74) is 8.86. The molecule has 2 aromatic rings. The Labute approximate surface area is 114 Å². The number of aryl methyl sites for hydroxylation is 2. The number of benzene rings is 1. The molecule has 0 radical (unpaired) electrons. The molecule has 1 aromatic heterocycles. The minimum absolute atomic E-state index is 0.714. The predicted molar refractivity (Wildman–Crippen MR) is 81.2 cm³/mol. The van der Waals surface area contributed by atoms with Crippen LogP contribution in [0.3, 0.4) is 0 Å². The molecule has 1 atom stereocenters. The Hall–Kier alpha value is -1.76. The van der Waals surface area contributed by atoms with E-state index in [2.05, 4.69) is 55.8 Å². The van der Waals surface area contributed by atoms with Crippen molar-refractivity contribution in [2.24, 2.45) is 13.0 Å². The highest BCUT2D eigenvalue weighted by atomic mass is 15.0. The van der Waals surface area contributed by atoms with Gasteiger partial charge >= 0.3 is 0 Å². The smallest absolute Gasteiger partial charge is 0.0485 e. The molecule has 0 saturated carbocycles. The molecule has 1 heterocycles. The molecule has 1 aromatic carbocycles. The zero-order valence-corrected chi connectivity index (χ0v) is 11.8. The van der Waals surface area contributed by atoms with Gasteiger partial charge in [0, 0.05) is 23.6 Å². The van der Waals surface area contributed by atoms with Crippen LogP contribution in [0.2, 0.25) is 0 Å². The zero-order valence-electron chi connectivity index (χ0n) is 11.8. The molecule has 4 rings (SSSR count). The maximum absolute atomic E-state index is 2.39. The summed E-state index contributed by atoms with van der Waals surface area (Å²) in [5.74, 6) is 0.714. The van der Waals surface area contributed by atoms with Gasteiger partial charge in [0.15, 0.2) is 0 Å². The lowest BCUT2D eigenvalue weighted by molar-refractivity contribution is 0.678. The second kappa shape index (κ2) is 3.63. The first-order chi connectivity index (χ1) is 9.15. The first-order valence-electron chi connectivity index (χ1n) is 7.11. The van der Waals surface area contributed by atoms with E-state index in [9.17, 15) is 0 Å². The summed E-state index contributed by atoms with van der Waals surface area (Å²) in [6.07, 6.45) is 7.09. The lowest BCUT2D eigenvalue weighted by Crippen LogP contribution is -2.05. The molecule has 1 unspecified atom stereocenters. The lowest BCUT2D eigenvalue weighted by atomic mass is 9.89. The Morgan fingerprint density at radius 1 is 1.11 bits per heavy atom.